The summed E-state index contributed by atoms with van der Waals surface area (Å²) in [6.07, 6.45) is 3.38. The Morgan fingerprint density at radius 3 is 2.07 bits per heavy atom. The highest BCUT2D eigenvalue weighted by Gasteiger charge is 2.34. The lowest BCUT2D eigenvalue weighted by atomic mass is 9.72. The van der Waals surface area contributed by atoms with Crippen LogP contribution in [0.1, 0.15) is 44.2 Å². The van der Waals surface area contributed by atoms with Gasteiger partial charge in [0.2, 0.25) is 0 Å². The van der Waals surface area contributed by atoms with E-state index in [-0.39, 0.29) is 5.54 Å². The summed E-state index contributed by atoms with van der Waals surface area (Å²) in [7, 11) is 0. The molecule has 0 aromatic heterocycles. The molecule has 0 bridgehead atoms. The molecule has 2 rings (SSSR count). The third-order valence-corrected chi connectivity index (χ3v) is 3.41. The quantitative estimate of drug-likeness (QED) is 0.778. The molecule has 15 heavy (non-hydrogen) atoms. The Labute approximate surface area is 91.1 Å². The molecule has 0 unspecified atom stereocenters. The zero-order chi connectivity index (χ0) is 11.1. The van der Waals surface area contributed by atoms with E-state index in [1.807, 2.05) is 24.3 Å². The summed E-state index contributed by atoms with van der Waals surface area (Å²) in [4.78, 5) is 0. The van der Waals surface area contributed by atoms with Gasteiger partial charge in [-0.2, -0.15) is 0 Å². The van der Waals surface area contributed by atoms with Gasteiger partial charge in [-0.3, -0.25) is 0 Å². The molecule has 2 heteroatoms. The third kappa shape index (κ3) is 1.92. The van der Waals surface area contributed by atoms with Gasteiger partial charge in [0.25, 0.3) is 0 Å². The van der Waals surface area contributed by atoms with E-state index >= 15 is 0 Å². The molecule has 0 amide bonds. The highest BCUT2D eigenvalue weighted by atomic mass is 16.3. The number of hydrogen-bond acceptors (Lipinski definition) is 2. The molecule has 0 atom stereocenters. The van der Waals surface area contributed by atoms with Crippen molar-refractivity contribution in [2.45, 2.75) is 44.2 Å². The van der Waals surface area contributed by atoms with Gasteiger partial charge in [0.1, 0.15) is 0 Å². The molecule has 0 radical (unpaired) electrons. The zero-order valence-corrected chi connectivity index (χ0v) is 9.46. The molecule has 1 saturated carbocycles. The Morgan fingerprint density at radius 2 is 1.73 bits per heavy atom. The van der Waals surface area contributed by atoms with Crippen LogP contribution in [-0.2, 0) is 11.1 Å². The highest BCUT2D eigenvalue weighted by molar-refractivity contribution is 5.32. The van der Waals surface area contributed by atoms with Crippen LogP contribution in [-0.4, -0.2) is 5.11 Å². The van der Waals surface area contributed by atoms with Crippen LogP contribution in [0.5, 0.6) is 0 Å². The maximum Gasteiger partial charge on any atom is 0.0840 e. The first-order chi connectivity index (χ1) is 6.92. The van der Waals surface area contributed by atoms with E-state index < -0.39 is 5.60 Å². The fourth-order valence-electron chi connectivity index (χ4n) is 2.06. The summed E-state index contributed by atoms with van der Waals surface area (Å²) in [6, 6.07) is 8.05. The van der Waals surface area contributed by atoms with E-state index in [1.165, 1.54) is 12.0 Å². The lowest BCUT2D eigenvalue weighted by molar-refractivity contribution is 0.0785. The Bertz CT molecular complexity index is 344. The molecule has 2 nitrogen and oxygen atoms in total. The van der Waals surface area contributed by atoms with Crippen LogP contribution in [0.25, 0.3) is 0 Å². The molecule has 1 aromatic rings. The summed E-state index contributed by atoms with van der Waals surface area (Å²) >= 11 is 0. The summed E-state index contributed by atoms with van der Waals surface area (Å²) in [6.45, 7) is 3.59. The minimum Gasteiger partial charge on any atom is -0.386 e. The van der Waals surface area contributed by atoms with Gasteiger partial charge in [-0.25, -0.2) is 0 Å². The maximum atomic E-state index is 9.82. The molecule has 1 aromatic carbocycles. The van der Waals surface area contributed by atoms with Gasteiger partial charge < -0.3 is 10.8 Å². The van der Waals surface area contributed by atoms with Crippen LogP contribution in [0.15, 0.2) is 24.3 Å². The Hall–Kier alpha value is -0.860. The lowest BCUT2D eigenvalue weighted by Gasteiger charge is -2.38. The van der Waals surface area contributed by atoms with E-state index in [1.54, 1.807) is 13.8 Å². The Kier molecular flexibility index (Phi) is 2.36. The second kappa shape index (κ2) is 3.32. The van der Waals surface area contributed by atoms with Crippen molar-refractivity contribution in [1.82, 2.24) is 0 Å². The molecule has 0 heterocycles. The van der Waals surface area contributed by atoms with Gasteiger partial charge in [-0.1, -0.05) is 24.3 Å². The number of benzene rings is 1. The Morgan fingerprint density at radius 1 is 1.20 bits per heavy atom. The number of hydrogen-bond donors (Lipinski definition) is 2. The standard InChI is InChI=1S/C13H19NO/c1-12(2,15)10-4-6-11(7-5-10)13(14)8-3-9-13/h4-7,15H,3,8-9,14H2,1-2H3. The lowest BCUT2D eigenvalue weighted by Crippen LogP contribution is -2.43. The summed E-state index contributed by atoms with van der Waals surface area (Å²) in [5, 5.41) is 9.82. The van der Waals surface area contributed by atoms with Gasteiger partial charge in [0.15, 0.2) is 0 Å². The second-order valence-corrected chi connectivity index (χ2v) is 5.15. The molecule has 1 fully saturated rings. The minimum atomic E-state index is -0.764. The first-order valence-corrected chi connectivity index (χ1v) is 5.54. The van der Waals surface area contributed by atoms with Crippen LogP contribution in [0.4, 0.5) is 0 Å². The molecule has 3 N–H and O–H groups in total. The second-order valence-electron chi connectivity index (χ2n) is 5.15. The van der Waals surface area contributed by atoms with E-state index in [4.69, 9.17) is 5.73 Å². The van der Waals surface area contributed by atoms with E-state index in [0.717, 1.165) is 18.4 Å². The number of aliphatic hydroxyl groups is 1. The summed E-state index contributed by atoms with van der Waals surface area (Å²) in [5.41, 5.74) is 7.49. The van der Waals surface area contributed by atoms with Crippen molar-refractivity contribution in [3.05, 3.63) is 35.4 Å². The molecule has 1 aliphatic rings. The Balaban J connectivity index is 2.24. The van der Waals surface area contributed by atoms with Crippen LogP contribution in [0.3, 0.4) is 0 Å². The maximum absolute atomic E-state index is 9.82. The normalized spacial score (nSPS) is 19.7. The van der Waals surface area contributed by atoms with E-state index in [9.17, 15) is 5.11 Å². The first-order valence-electron chi connectivity index (χ1n) is 5.54. The number of rotatable bonds is 2. The third-order valence-electron chi connectivity index (χ3n) is 3.41. The van der Waals surface area contributed by atoms with Crippen molar-refractivity contribution < 1.29 is 5.11 Å². The molecule has 0 spiro atoms. The van der Waals surface area contributed by atoms with Crippen molar-refractivity contribution in [2.75, 3.05) is 0 Å². The highest BCUT2D eigenvalue weighted by Crippen LogP contribution is 2.38. The molecule has 0 aliphatic heterocycles. The van der Waals surface area contributed by atoms with Crippen LogP contribution >= 0.6 is 0 Å². The largest absolute Gasteiger partial charge is 0.386 e. The van der Waals surface area contributed by atoms with Gasteiger partial charge in [0, 0.05) is 5.54 Å². The smallest absolute Gasteiger partial charge is 0.0840 e. The predicted molar refractivity (Wildman–Crippen MR) is 61.4 cm³/mol. The summed E-state index contributed by atoms with van der Waals surface area (Å²) in [5.74, 6) is 0. The molecule has 82 valence electrons. The fraction of sp³-hybridized carbons (Fsp3) is 0.538. The molecule has 0 saturated heterocycles. The van der Waals surface area contributed by atoms with E-state index in [2.05, 4.69) is 0 Å². The monoisotopic (exact) mass is 205 g/mol. The van der Waals surface area contributed by atoms with Gasteiger partial charge >= 0.3 is 0 Å². The van der Waals surface area contributed by atoms with Gasteiger partial charge in [0.05, 0.1) is 5.60 Å². The molecular weight excluding hydrogens is 186 g/mol. The first kappa shape index (κ1) is 10.7. The number of nitrogens with two attached hydrogens (primary N) is 1. The average molecular weight is 205 g/mol. The molecule has 1 aliphatic carbocycles. The minimum absolute atomic E-state index is 0.0991. The van der Waals surface area contributed by atoms with Crippen molar-refractivity contribution in [2.24, 2.45) is 5.73 Å². The molecular formula is C13H19NO. The average Bonchev–Trinajstić information content (AvgIpc) is 2.13. The SMILES string of the molecule is CC(C)(O)c1ccc(C2(N)CCC2)cc1. The van der Waals surface area contributed by atoms with Crippen molar-refractivity contribution in [1.29, 1.82) is 0 Å². The topological polar surface area (TPSA) is 46.2 Å². The van der Waals surface area contributed by atoms with Crippen molar-refractivity contribution in [3.63, 3.8) is 0 Å². The van der Waals surface area contributed by atoms with Gasteiger partial charge in [-0.15, -0.1) is 0 Å². The zero-order valence-electron chi connectivity index (χ0n) is 9.46. The van der Waals surface area contributed by atoms with Crippen molar-refractivity contribution in [3.8, 4) is 0 Å². The van der Waals surface area contributed by atoms with Gasteiger partial charge in [-0.05, 0) is 44.2 Å². The van der Waals surface area contributed by atoms with E-state index in [0.29, 0.717) is 0 Å². The summed E-state index contributed by atoms with van der Waals surface area (Å²) < 4.78 is 0. The van der Waals surface area contributed by atoms with Crippen LogP contribution in [0, 0.1) is 0 Å². The predicted octanol–water partition coefficient (Wildman–Crippen LogP) is 2.25. The van der Waals surface area contributed by atoms with Crippen LogP contribution < -0.4 is 5.73 Å². The van der Waals surface area contributed by atoms with Crippen LogP contribution in [0.2, 0.25) is 0 Å². The fourth-order valence-corrected chi connectivity index (χ4v) is 2.06. The van der Waals surface area contributed by atoms with Crippen molar-refractivity contribution >= 4 is 0 Å².